The number of benzene rings is 3. The third kappa shape index (κ3) is 3.91. The summed E-state index contributed by atoms with van der Waals surface area (Å²) in [5.74, 6) is 0.362. The molecule has 0 spiro atoms. The fourth-order valence-corrected chi connectivity index (χ4v) is 4.78. The molecule has 146 valence electrons. The summed E-state index contributed by atoms with van der Waals surface area (Å²) < 4.78 is 7.43. The van der Waals surface area contributed by atoms with E-state index in [1.165, 1.54) is 0 Å². The fourth-order valence-electron chi connectivity index (χ4n) is 3.24. The van der Waals surface area contributed by atoms with Gasteiger partial charge in [0.05, 0.1) is 22.9 Å². The van der Waals surface area contributed by atoms with Crippen LogP contribution in [-0.2, 0) is 0 Å². The Morgan fingerprint density at radius 2 is 1.86 bits per heavy atom. The molecule has 29 heavy (non-hydrogen) atoms. The second kappa shape index (κ2) is 7.97. The number of aromatic nitrogens is 1. The molecule has 1 aromatic heterocycles. The molecule has 1 heterocycles. The Labute approximate surface area is 181 Å². The maximum atomic E-state index is 13.0. The molecular formula is C23H19BrN2O2S. The molecule has 0 aliphatic heterocycles. The average molecular weight is 467 g/mol. The van der Waals surface area contributed by atoms with E-state index in [-0.39, 0.29) is 5.91 Å². The molecular weight excluding hydrogens is 448 g/mol. The van der Waals surface area contributed by atoms with Crippen LogP contribution in [0.15, 0.2) is 59.1 Å². The van der Waals surface area contributed by atoms with E-state index in [4.69, 9.17) is 9.72 Å². The number of ether oxygens (including phenoxy) is 1. The van der Waals surface area contributed by atoms with E-state index in [9.17, 15) is 4.79 Å². The summed E-state index contributed by atoms with van der Waals surface area (Å²) >= 11 is 5.10. The number of hydrogen-bond acceptors (Lipinski definition) is 4. The van der Waals surface area contributed by atoms with Crippen molar-refractivity contribution in [1.29, 1.82) is 0 Å². The lowest BCUT2D eigenvalue weighted by Gasteiger charge is -2.14. The van der Waals surface area contributed by atoms with Crippen LogP contribution in [0.1, 0.15) is 21.5 Å². The Morgan fingerprint density at radius 1 is 1.07 bits per heavy atom. The van der Waals surface area contributed by atoms with Gasteiger partial charge in [-0.2, -0.15) is 0 Å². The molecule has 0 fully saturated rings. The van der Waals surface area contributed by atoms with Crippen molar-refractivity contribution < 1.29 is 9.53 Å². The number of para-hydroxylation sites is 1. The van der Waals surface area contributed by atoms with Crippen molar-refractivity contribution in [2.45, 2.75) is 13.8 Å². The number of rotatable bonds is 4. The number of hydrogen-bond donors (Lipinski definition) is 1. The lowest BCUT2D eigenvalue weighted by atomic mass is 10.1. The van der Waals surface area contributed by atoms with Crippen molar-refractivity contribution in [1.82, 2.24) is 4.98 Å². The molecule has 3 aromatic carbocycles. The van der Waals surface area contributed by atoms with Crippen molar-refractivity contribution in [3.8, 4) is 16.3 Å². The van der Waals surface area contributed by atoms with Gasteiger partial charge in [0.1, 0.15) is 10.8 Å². The van der Waals surface area contributed by atoms with Gasteiger partial charge in [0.2, 0.25) is 0 Å². The summed E-state index contributed by atoms with van der Waals surface area (Å²) in [6, 6.07) is 17.8. The quantitative estimate of drug-likeness (QED) is 0.368. The first-order valence-electron chi connectivity index (χ1n) is 9.08. The smallest absolute Gasteiger partial charge is 0.259 e. The molecule has 0 bridgehead atoms. The number of aryl methyl sites for hydroxylation is 2. The molecule has 1 amide bonds. The van der Waals surface area contributed by atoms with Crippen molar-refractivity contribution >= 4 is 49.1 Å². The van der Waals surface area contributed by atoms with Gasteiger partial charge in [0.15, 0.2) is 0 Å². The molecule has 0 saturated carbocycles. The van der Waals surface area contributed by atoms with Gasteiger partial charge in [0, 0.05) is 15.7 Å². The largest absolute Gasteiger partial charge is 0.496 e. The van der Waals surface area contributed by atoms with Crippen LogP contribution in [0, 0.1) is 13.8 Å². The predicted molar refractivity (Wildman–Crippen MR) is 123 cm³/mol. The molecule has 0 radical (unpaired) electrons. The first-order valence-corrected chi connectivity index (χ1v) is 10.7. The molecule has 0 aliphatic rings. The lowest BCUT2D eigenvalue weighted by Crippen LogP contribution is -2.14. The van der Waals surface area contributed by atoms with Crippen LogP contribution >= 0.6 is 27.3 Å². The number of nitrogens with zero attached hydrogens (tertiary/aromatic N) is 1. The van der Waals surface area contributed by atoms with Gasteiger partial charge in [-0.3, -0.25) is 4.79 Å². The second-order valence-electron chi connectivity index (χ2n) is 6.77. The average Bonchev–Trinajstić information content (AvgIpc) is 3.13. The van der Waals surface area contributed by atoms with Gasteiger partial charge >= 0.3 is 0 Å². The highest BCUT2D eigenvalue weighted by Crippen LogP contribution is 2.33. The number of carbonyl (C=O) groups is 1. The molecule has 0 aliphatic carbocycles. The van der Waals surface area contributed by atoms with Crippen LogP contribution < -0.4 is 10.1 Å². The standard InChI is InChI=1S/C23H19BrN2O2S/c1-13-8-9-15(23-26-18-6-4-5-7-20(18)29-23)11-19(13)25-22(27)17-12-16(24)10-14(2)21(17)28-3/h4-12H,1-3H3,(H,25,27). The van der Waals surface area contributed by atoms with Crippen LogP contribution in [0.3, 0.4) is 0 Å². The summed E-state index contributed by atoms with van der Waals surface area (Å²) in [5.41, 5.74) is 5.08. The van der Waals surface area contributed by atoms with E-state index >= 15 is 0 Å². The Hall–Kier alpha value is -2.70. The molecule has 6 heteroatoms. The zero-order valence-corrected chi connectivity index (χ0v) is 18.6. The Bertz CT molecular complexity index is 1200. The molecule has 4 aromatic rings. The molecule has 0 unspecified atom stereocenters. The predicted octanol–water partition coefficient (Wildman–Crippen LogP) is 6.60. The first-order chi connectivity index (χ1) is 14.0. The molecule has 1 N–H and O–H groups in total. The number of thiazole rings is 1. The first kappa shape index (κ1) is 19.6. The van der Waals surface area contributed by atoms with Gasteiger partial charge in [-0.1, -0.05) is 40.2 Å². The van der Waals surface area contributed by atoms with Gasteiger partial charge in [0.25, 0.3) is 5.91 Å². The minimum absolute atomic E-state index is 0.212. The summed E-state index contributed by atoms with van der Waals surface area (Å²) in [5, 5.41) is 3.96. The van der Waals surface area contributed by atoms with E-state index in [2.05, 4.69) is 27.3 Å². The third-order valence-electron chi connectivity index (χ3n) is 4.71. The summed E-state index contributed by atoms with van der Waals surface area (Å²) in [7, 11) is 1.58. The highest BCUT2D eigenvalue weighted by Gasteiger charge is 2.17. The minimum Gasteiger partial charge on any atom is -0.496 e. The van der Waals surface area contributed by atoms with Crippen LogP contribution in [-0.4, -0.2) is 18.0 Å². The minimum atomic E-state index is -0.212. The highest BCUT2D eigenvalue weighted by atomic mass is 79.9. The van der Waals surface area contributed by atoms with Crippen molar-refractivity contribution in [3.63, 3.8) is 0 Å². The van der Waals surface area contributed by atoms with Crippen LogP contribution in [0.4, 0.5) is 5.69 Å². The maximum Gasteiger partial charge on any atom is 0.259 e. The summed E-state index contributed by atoms with van der Waals surface area (Å²) in [4.78, 5) is 17.7. The van der Waals surface area contributed by atoms with Crippen LogP contribution in [0.2, 0.25) is 0 Å². The third-order valence-corrected chi connectivity index (χ3v) is 6.26. The number of carbonyl (C=O) groups excluding carboxylic acids is 1. The molecule has 0 saturated heterocycles. The van der Waals surface area contributed by atoms with Crippen molar-refractivity contribution in [2.24, 2.45) is 0 Å². The SMILES string of the molecule is COc1c(C)cc(Br)cc1C(=O)Nc1cc(-c2nc3ccccc3s2)ccc1C. The van der Waals surface area contributed by atoms with Crippen LogP contribution in [0.5, 0.6) is 5.75 Å². The Balaban J connectivity index is 1.69. The normalized spacial score (nSPS) is 10.9. The fraction of sp³-hybridized carbons (Fsp3) is 0.130. The topological polar surface area (TPSA) is 51.2 Å². The second-order valence-corrected chi connectivity index (χ2v) is 8.72. The lowest BCUT2D eigenvalue weighted by molar-refractivity contribution is 0.102. The van der Waals surface area contributed by atoms with E-state index < -0.39 is 0 Å². The maximum absolute atomic E-state index is 13.0. The van der Waals surface area contributed by atoms with E-state index in [1.54, 1.807) is 24.5 Å². The number of halogens is 1. The van der Waals surface area contributed by atoms with Gasteiger partial charge in [-0.25, -0.2) is 4.98 Å². The zero-order valence-electron chi connectivity index (χ0n) is 16.2. The summed E-state index contributed by atoms with van der Waals surface area (Å²) in [6.45, 7) is 3.89. The van der Waals surface area contributed by atoms with Crippen LogP contribution in [0.25, 0.3) is 20.8 Å². The van der Waals surface area contributed by atoms with Gasteiger partial charge in [-0.05, 0) is 55.3 Å². The highest BCUT2D eigenvalue weighted by molar-refractivity contribution is 9.10. The Kier molecular flexibility index (Phi) is 5.39. The Morgan fingerprint density at radius 3 is 2.62 bits per heavy atom. The van der Waals surface area contributed by atoms with Gasteiger partial charge < -0.3 is 10.1 Å². The number of fused-ring (bicyclic) bond motifs is 1. The number of anilines is 1. The monoisotopic (exact) mass is 466 g/mol. The molecule has 0 atom stereocenters. The number of nitrogens with one attached hydrogen (secondary N) is 1. The van der Waals surface area contributed by atoms with Crippen molar-refractivity contribution in [3.05, 3.63) is 75.8 Å². The zero-order chi connectivity index (χ0) is 20.5. The van der Waals surface area contributed by atoms with Gasteiger partial charge in [-0.15, -0.1) is 11.3 Å². The van der Waals surface area contributed by atoms with Crippen molar-refractivity contribution in [2.75, 3.05) is 12.4 Å². The molecule has 4 nitrogen and oxygen atoms in total. The molecule has 4 rings (SSSR count). The van der Waals surface area contributed by atoms with E-state index in [0.717, 1.165) is 42.1 Å². The number of amides is 1. The van der Waals surface area contributed by atoms with E-state index in [1.807, 2.05) is 56.3 Å². The number of methoxy groups -OCH3 is 1. The van der Waals surface area contributed by atoms with E-state index in [0.29, 0.717) is 11.3 Å². The summed E-state index contributed by atoms with van der Waals surface area (Å²) in [6.07, 6.45) is 0.